The molecular formula is CuGaInO12S4. The van der Waals surface area contributed by atoms with Crippen LogP contribution in [0.3, 0.4) is 0 Å². The van der Waals surface area contributed by atoms with Crippen molar-refractivity contribution in [2.45, 2.75) is 0 Å². The predicted octanol–water partition coefficient (Wildman–Crippen LogP) is -4.78. The Bertz CT molecular complexity index is 170. The summed E-state index contributed by atoms with van der Waals surface area (Å²) in [6, 6.07) is 0. The van der Waals surface area contributed by atoms with Crippen LogP contribution in [0.15, 0.2) is 0 Å². The molecule has 0 aliphatic heterocycles. The topological polar surface area (TPSA) is 253 Å². The Balaban J connectivity index is -0.0000000192. The Hall–Kier alpha value is 2.31. The van der Waals surface area contributed by atoms with Gasteiger partial charge in [-0.2, -0.15) is 0 Å². The Labute approximate surface area is 160 Å². The van der Waals surface area contributed by atoms with E-state index in [4.69, 9.17) is 53.3 Å². The van der Waals surface area contributed by atoms with Gasteiger partial charge in [0.2, 0.25) is 0 Å². The second-order valence-electron chi connectivity index (χ2n) is 0.816. The molecule has 12 nitrogen and oxygen atoms in total. The molecule has 0 atom stereocenters. The zero-order chi connectivity index (χ0) is 14.3. The predicted molar refractivity (Wildman–Crippen MR) is 50.3 cm³/mol. The van der Waals surface area contributed by atoms with Gasteiger partial charge in [-0.05, 0) is 0 Å². The molecule has 19 heteroatoms. The maximum absolute atomic E-state index is 8.44. The first-order chi connectivity index (χ1) is 6.93. The summed E-state index contributed by atoms with van der Waals surface area (Å²) in [5.74, 6) is 0. The summed E-state index contributed by atoms with van der Waals surface area (Å²) in [6.45, 7) is 0. The van der Waals surface area contributed by atoms with Crippen LogP contribution >= 0.6 is 0 Å². The SMILES string of the molecule is O=S([O-])[O-].O=S([O-])[O-].O=S([O-])[O-].O=S([O-])[O-].[Cu+2].[Ga+3].[In+3]. The first kappa shape index (κ1) is 42.9. The fourth-order valence-corrected chi connectivity index (χ4v) is 0. The van der Waals surface area contributed by atoms with E-state index in [-0.39, 0.29) is 62.7 Å². The van der Waals surface area contributed by atoms with Gasteiger partial charge in [0.25, 0.3) is 0 Å². The van der Waals surface area contributed by atoms with E-state index >= 15 is 0 Å². The molecule has 0 rings (SSSR count). The van der Waals surface area contributed by atoms with E-state index in [1.807, 2.05) is 0 Å². The van der Waals surface area contributed by atoms with Gasteiger partial charge in [-0.25, -0.2) is 0 Å². The summed E-state index contributed by atoms with van der Waals surface area (Å²) in [7, 11) is 0. The summed E-state index contributed by atoms with van der Waals surface area (Å²) in [4.78, 5) is 0. The normalized spacial score (nSPS) is 7.37. The molecule has 0 heterocycles. The summed E-state index contributed by atoms with van der Waals surface area (Å²) in [5.41, 5.74) is 0. The van der Waals surface area contributed by atoms with Crippen LogP contribution in [0, 0.1) is 0 Å². The van der Waals surface area contributed by atoms with Crippen LogP contribution in [0.2, 0.25) is 0 Å². The second-order valence-corrected chi connectivity index (χ2v) is 2.45. The van der Waals surface area contributed by atoms with Gasteiger partial charge >= 0.3 is 62.7 Å². The third kappa shape index (κ3) is 1280. The molecular weight excluding hydrogens is 568 g/mol. The number of hydrogen-bond donors (Lipinski definition) is 0. The molecule has 0 saturated carbocycles. The first-order valence-corrected chi connectivity index (χ1v) is 6.00. The Kier molecular flexibility index (Phi) is 83.5. The molecule has 0 saturated heterocycles. The largest absolute Gasteiger partial charge is 3.00 e. The van der Waals surface area contributed by atoms with Crippen LogP contribution in [-0.4, -0.2) is 98.9 Å². The average molecular weight is 568 g/mol. The van der Waals surface area contributed by atoms with Gasteiger partial charge in [-0.1, -0.05) is 0 Å². The van der Waals surface area contributed by atoms with Crippen molar-refractivity contribution in [3.8, 4) is 0 Å². The molecule has 0 spiro atoms. The first-order valence-electron chi connectivity index (χ1n) is 2.00. The molecule has 19 heavy (non-hydrogen) atoms. The third-order valence-corrected chi connectivity index (χ3v) is 0. The summed E-state index contributed by atoms with van der Waals surface area (Å²) in [5, 5.41) is 0. The molecule has 0 aromatic heterocycles. The molecule has 0 aromatic carbocycles. The molecule has 0 fully saturated rings. The van der Waals surface area contributed by atoms with E-state index in [1.165, 1.54) is 0 Å². The molecule has 0 aliphatic carbocycles. The molecule has 0 aliphatic rings. The Morgan fingerprint density at radius 2 is 0.474 bits per heavy atom. The van der Waals surface area contributed by atoms with Gasteiger partial charge in [0.15, 0.2) is 0 Å². The zero-order valence-corrected chi connectivity index (χ0v) is 17.9. The molecule has 0 aromatic rings. The van der Waals surface area contributed by atoms with Crippen molar-refractivity contribution in [2.75, 3.05) is 0 Å². The molecule has 1 radical (unpaired) electrons. The quantitative estimate of drug-likeness (QED) is 0.197. The monoisotopic (exact) mass is 567 g/mol. The fourth-order valence-electron chi connectivity index (χ4n) is 0. The molecule has 0 N–H and O–H groups in total. The van der Waals surface area contributed by atoms with Crippen LogP contribution in [-0.2, 0) is 62.5 Å². The van der Waals surface area contributed by atoms with Crippen molar-refractivity contribution < 1.29 is 70.3 Å². The van der Waals surface area contributed by atoms with Crippen molar-refractivity contribution in [3.05, 3.63) is 0 Å². The van der Waals surface area contributed by atoms with E-state index in [0.29, 0.717) is 0 Å². The summed E-state index contributed by atoms with van der Waals surface area (Å²) in [6.07, 6.45) is 0. The number of hydrogen-bond acceptors (Lipinski definition) is 12. The zero-order valence-electron chi connectivity index (χ0n) is 7.99. The van der Waals surface area contributed by atoms with Gasteiger partial charge in [-0.3, -0.25) is 16.8 Å². The van der Waals surface area contributed by atoms with Gasteiger partial charge in [0.1, 0.15) is 0 Å². The van der Waals surface area contributed by atoms with Crippen LogP contribution in [0.4, 0.5) is 0 Å². The standard InChI is InChI=1S/Cu.Ga.In.4H2O3S/c;;;4*1-4(2)3/h;;;4*(H2,1,2,3)/q+2;2*+3;;;;/p-8. The van der Waals surface area contributed by atoms with Crippen LogP contribution < -0.4 is 0 Å². The minimum Gasteiger partial charge on any atom is -0.784 e. The maximum Gasteiger partial charge on any atom is 3.00 e. The van der Waals surface area contributed by atoms with Crippen molar-refractivity contribution in [2.24, 2.45) is 0 Å². The summed E-state index contributed by atoms with van der Waals surface area (Å²) < 4.78 is 101. The van der Waals surface area contributed by atoms with Crippen molar-refractivity contribution >= 4 is 91.1 Å². The van der Waals surface area contributed by atoms with Gasteiger partial charge in [0, 0.05) is 0 Å². The smallest absolute Gasteiger partial charge is 0.784 e. The minimum absolute atomic E-state index is 0. The Morgan fingerprint density at radius 3 is 0.474 bits per heavy atom. The average Bonchev–Trinajstić information content (AvgIpc) is 1.76. The molecule has 0 unspecified atom stereocenters. The maximum atomic E-state index is 8.44. The van der Waals surface area contributed by atoms with E-state index in [0.717, 1.165) is 0 Å². The second kappa shape index (κ2) is 37.0. The minimum atomic E-state index is -3.11. The van der Waals surface area contributed by atoms with Crippen molar-refractivity contribution in [3.63, 3.8) is 0 Å². The molecule has 0 amide bonds. The third-order valence-electron chi connectivity index (χ3n) is 0. The van der Waals surface area contributed by atoms with E-state index < -0.39 is 45.4 Å². The van der Waals surface area contributed by atoms with E-state index in [9.17, 15) is 0 Å². The summed E-state index contributed by atoms with van der Waals surface area (Å²) >= 11 is -12.4. The van der Waals surface area contributed by atoms with E-state index in [1.54, 1.807) is 0 Å². The Morgan fingerprint density at radius 1 is 0.474 bits per heavy atom. The van der Waals surface area contributed by atoms with Crippen LogP contribution in [0.5, 0.6) is 0 Å². The van der Waals surface area contributed by atoms with Crippen LogP contribution in [0.1, 0.15) is 0 Å². The molecule has 0 bridgehead atoms. The van der Waals surface area contributed by atoms with Gasteiger partial charge < -0.3 is 36.4 Å². The van der Waals surface area contributed by atoms with Crippen LogP contribution in [0.25, 0.3) is 0 Å². The van der Waals surface area contributed by atoms with Gasteiger partial charge in [-0.15, -0.1) is 45.4 Å². The van der Waals surface area contributed by atoms with E-state index in [2.05, 4.69) is 0 Å². The number of rotatable bonds is 0. The van der Waals surface area contributed by atoms with Crippen molar-refractivity contribution in [1.82, 2.24) is 0 Å². The molecule has 113 valence electrons. The van der Waals surface area contributed by atoms with Gasteiger partial charge in [0.05, 0.1) is 0 Å². The van der Waals surface area contributed by atoms with Crippen molar-refractivity contribution in [1.29, 1.82) is 0 Å². The fraction of sp³-hybridized carbons (Fsp3) is 0.